The molecule has 1 N–H and O–H groups in total. The van der Waals surface area contributed by atoms with Crippen LogP contribution >= 0.6 is 11.8 Å². The molecule has 0 radical (unpaired) electrons. The summed E-state index contributed by atoms with van der Waals surface area (Å²) in [7, 11) is 0. The van der Waals surface area contributed by atoms with Crippen LogP contribution in [0.25, 0.3) is 11.6 Å². The summed E-state index contributed by atoms with van der Waals surface area (Å²) in [5.74, 6) is 1.44. The molecule has 3 heterocycles. The number of furan rings is 1. The molecule has 23 heavy (non-hydrogen) atoms. The first-order valence-corrected chi connectivity index (χ1v) is 8.06. The molecule has 0 spiro atoms. The minimum absolute atomic E-state index is 0.117. The minimum atomic E-state index is -0.117. The van der Waals surface area contributed by atoms with E-state index in [1.165, 1.54) is 11.8 Å². The molecule has 0 fully saturated rings. The summed E-state index contributed by atoms with van der Waals surface area (Å²) in [5, 5.41) is 11.8. The van der Waals surface area contributed by atoms with E-state index in [1.807, 2.05) is 17.6 Å². The maximum atomic E-state index is 12.0. The van der Waals surface area contributed by atoms with Crippen molar-refractivity contribution in [3.05, 3.63) is 42.9 Å². The maximum absolute atomic E-state index is 12.0. The molecule has 0 saturated heterocycles. The van der Waals surface area contributed by atoms with Crippen LogP contribution in [0, 0.1) is 0 Å². The number of carbonyl (C=O) groups excluding carboxylic acids is 1. The van der Waals surface area contributed by atoms with Crippen LogP contribution in [0.3, 0.4) is 0 Å². The second kappa shape index (κ2) is 7.10. The van der Waals surface area contributed by atoms with Crippen molar-refractivity contribution in [3.8, 4) is 11.6 Å². The Morgan fingerprint density at radius 2 is 2.26 bits per heavy atom. The molecule has 0 atom stereocenters. The van der Waals surface area contributed by atoms with Gasteiger partial charge in [0.25, 0.3) is 0 Å². The predicted octanol–water partition coefficient (Wildman–Crippen LogP) is 2.68. The standard InChI is InChI=1S/C15H15N5O2S/c1-2-20-14(12-6-4-8-22-12)18-19-15(20)23-10-13(21)17-11-5-3-7-16-9-11/h3-9H,2,10H2,1H3,(H,17,21). The first-order valence-electron chi connectivity index (χ1n) is 7.07. The number of amides is 1. The molecule has 3 rings (SSSR count). The molecule has 118 valence electrons. The lowest BCUT2D eigenvalue weighted by atomic mass is 10.4. The number of hydrogen-bond donors (Lipinski definition) is 1. The number of pyridine rings is 1. The molecule has 3 aromatic rings. The lowest BCUT2D eigenvalue weighted by Crippen LogP contribution is -2.14. The molecule has 7 nitrogen and oxygen atoms in total. The normalized spacial score (nSPS) is 10.7. The highest BCUT2D eigenvalue weighted by Crippen LogP contribution is 2.24. The molecule has 0 aliphatic heterocycles. The lowest BCUT2D eigenvalue weighted by Gasteiger charge is -2.06. The van der Waals surface area contributed by atoms with E-state index in [-0.39, 0.29) is 11.7 Å². The summed E-state index contributed by atoms with van der Waals surface area (Å²) in [6.45, 7) is 2.69. The fourth-order valence-corrected chi connectivity index (χ4v) is 2.83. The van der Waals surface area contributed by atoms with E-state index in [0.29, 0.717) is 29.0 Å². The molecule has 0 aromatic carbocycles. The Balaban J connectivity index is 1.65. The highest BCUT2D eigenvalue weighted by Gasteiger charge is 2.16. The van der Waals surface area contributed by atoms with Crippen LogP contribution in [0.1, 0.15) is 6.92 Å². The Hall–Kier alpha value is -2.61. The second-order valence-electron chi connectivity index (χ2n) is 4.61. The summed E-state index contributed by atoms with van der Waals surface area (Å²) in [4.78, 5) is 15.9. The number of nitrogens with one attached hydrogen (secondary N) is 1. The third kappa shape index (κ3) is 3.59. The van der Waals surface area contributed by atoms with Gasteiger partial charge in [0, 0.05) is 12.7 Å². The zero-order valence-electron chi connectivity index (χ0n) is 12.5. The topological polar surface area (TPSA) is 85.8 Å². The van der Waals surface area contributed by atoms with Crippen molar-refractivity contribution in [2.75, 3.05) is 11.1 Å². The fraction of sp³-hybridized carbons (Fsp3) is 0.200. The van der Waals surface area contributed by atoms with Crippen molar-refractivity contribution in [1.82, 2.24) is 19.7 Å². The zero-order chi connectivity index (χ0) is 16.1. The smallest absolute Gasteiger partial charge is 0.234 e. The summed E-state index contributed by atoms with van der Waals surface area (Å²) >= 11 is 1.33. The van der Waals surface area contributed by atoms with Gasteiger partial charge >= 0.3 is 0 Å². The molecule has 1 amide bonds. The van der Waals surface area contributed by atoms with Crippen LogP contribution in [-0.4, -0.2) is 31.4 Å². The van der Waals surface area contributed by atoms with E-state index in [0.717, 1.165) is 0 Å². The number of nitrogens with zero attached hydrogens (tertiary/aromatic N) is 4. The molecule has 0 aliphatic rings. The highest BCUT2D eigenvalue weighted by molar-refractivity contribution is 7.99. The van der Waals surface area contributed by atoms with E-state index in [4.69, 9.17) is 4.42 Å². The van der Waals surface area contributed by atoms with Crippen molar-refractivity contribution in [3.63, 3.8) is 0 Å². The summed E-state index contributed by atoms with van der Waals surface area (Å²) in [6.07, 6.45) is 4.86. The average Bonchev–Trinajstić information content (AvgIpc) is 3.22. The number of rotatable bonds is 6. The Morgan fingerprint density at radius 3 is 2.96 bits per heavy atom. The lowest BCUT2D eigenvalue weighted by molar-refractivity contribution is -0.113. The maximum Gasteiger partial charge on any atom is 0.234 e. The molecule has 8 heteroatoms. The highest BCUT2D eigenvalue weighted by atomic mass is 32.2. The number of thioether (sulfide) groups is 1. The molecular formula is C15H15N5O2S. The van der Waals surface area contributed by atoms with Gasteiger partial charge in [-0.25, -0.2) is 0 Å². The van der Waals surface area contributed by atoms with Crippen LogP contribution in [0.4, 0.5) is 5.69 Å². The van der Waals surface area contributed by atoms with Crippen LogP contribution < -0.4 is 5.32 Å². The minimum Gasteiger partial charge on any atom is -0.461 e. The Kier molecular flexibility index (Phi) is 4.72. The van der Waals surface area contributed by atoms with E-state index >= 15 is 0 Å². The van der Waals surface area contributed by atoms with Gasteiger partial charge in [0.1, 0.15) is 0 Å². The van der Waals surface area contributed by atoms with Crippen molar-refractivity contribution < 1.29 is 9.21 Å². The van der Waals surface area contributed by atoms with Crippen LogP contribution in [-0.2, 0) is 11.3 Å². The summed E-state index contributed by atoms with van der Waals surface area (Å²) in [5.41, 5.74) is 0.673. The molecule has 0 saturated carbocycles. The van der Waals surface area contributed by atoms with Crippen LogP contribution in [0.2, 0.25) is 0 Å². The van der Waals surface area contributed by atoms with Gasteiger partial charge < -0.3 is 9.73 Å². The predicted molar refractivity (Wildman–Crippen MR) is 87.0 cm³/mol. The van der Waals surface area contributed by atoms with Gasteiger partial charge in [0.05, 0.1) is 23.9 Å². The van der Waals surface area contributed by atoms with Gasteiger partial charge in [0.15, 0.2) is 16.7 Å². The molecular weight excluding hydrogens is 314 g/mol. The second-order valence-corrected chi connectivity index (χ2v) is 5.55. The SMILES string of the molecule is CCn1c(SCC(=O)Nc2cccnc2)nnc1-c1ccco1. The summed E-state index contributed by atoms with van der Waals surface area (Å²) in [6, 6.07) is 7.20. The van der Waals surface area contributed by atoms with Crippen molar-refractivity contribution in [2.45, 2.75) is 18.6 Å². The van der Waals surface area contributed by atoms with Gasteiger partial charge in [-0.05, 0) is 31.2 Å². The third-order valence-corrected chi connectivity index (χ3v) is 4.02. The average molecular weight is 329 g/mol. The molecule has 3 aromatic heterocycles. The third-order valence-electron chi connectivity index (χ3n) is 3.05. The van der Waals surface area contributed by atoms with Crippen molar-refractivity contribution >= 4 is 23.4 Å². The van der Waals surface area contributed by atoms with Gasteiger partial charge in [0.2, 0.25) is 5.91 Å². The van der Waals surface area contributed by atoms with E-state index in [9.17, 15) is 4.79 Å². The Labute approximate surface area is 137 Å². The van der Waals surface area contributed by atoms with Gasteiger partial charge in [-0.2, -0.15) is 0 Å². The Bertz CT molecular complexity index is 771. The van der Waals surface area contributed by atoms with E-state index < -0.39 is 0 Å². The number of hydrogen-bond acceptors (Lipinski definition) is 6. The zero-order valence-corrected chi connectivity index (χ0v) is 13.3. The molecule has 0 bridgehead atoms. The van der Waals surface area contributed by atoms with Crippen molar-refractivity contribution in [1.29, 1.82) is 0 Å². The number of anilines is 1. The fourth-order valence-electron chi connectivity index (χ4n) is 2.03. The van der Waals surface area contributed by atoms with E-state index in [2.05, 4.69) is 20.5 Å². The van der Waals surface area contributed by atoms with Crippen LogP contribution in [0.5, 0.6) is 0 Å². The first-order chi connectivity index (χ1) is 11.3. The summed E-state index contributed by atoms with van der Waals surface area (Å²) < 4.78 is 7.28. The monoisotopic (exact) mass is 329 g/mol. The number of aromatic nitrogens is 4. The quantitative estimate of drug-likeness (QED) is 0.700. The van der Waals surface area contributed by atoms with Gasteiger partial charge in [-0.15, -0.1) is 10.2 Å². The van der Waals surface area contributed by atoms with Gasteiger partial charge in [-0.3, -0.25) is 14.3 Å². The van der Waals surface area contributed by atoms with Gasteiger partial charge in [-0.1, -0.05) is 11.8 Å². The largest absolute Gasteiger partial charge is 0.461 e. The van der Waals surface area contributed by atoms with E-state index in [1.54, 1.807) is 36.9 Å². The van der Waals surface area contributed by atoms with Crippen LogP contribution in [0.15, 0.2) is 52.5 Å². The molecule has 0 unspecified atom stereocenters. The number of carbonyl (C=O) groups is 1. The first kappa shape index (κ1) is 15.3. The Morgan fingerprint density at radius 1 is 1.35 bits per heavy atom. The molecule has 0 aliphatic carbocycles. The van der Waals surface area contributed by atoms with Crippen molar-refractivity contribution in [2.24, 2.45) is 0 Å².